The molecule has 1 N–H and O–H groups in total. The van der Waals surface area contributed by atoms with Crippen LogP contribution in [-0.2, 0) is 6.42 Å². The Hall–Kier alpha value is -1.02. The van der Waals surface area contributed by atoms with Crippen molar-refractivity contribution in [1.29, 1.82) is 0 Å². The maximum Gasteiger partial charge on any atom is 0.119 e. The van der Waals surface area contributed by atoms with Crippen molar-refractivity contribution in [1.82, 2.24) is 5.32 Å². The first-order valence-electron chi connectivity index (χ1n) is 4.66. The van der Waals surface area contributed by atoms with Crippen LogP contribution in [0.15, 0.2) is 18.2 Å². The summed E-state index contributed by atoms with van der Waals surface area (Å²) in [5, 5.41) is 3.21. The van der Waals surface area contributed by atoms with Crippen LogP contribution < -0.4 is 10.1 Å². The van der Waals surface area contributed by atoms with Crippen LogP contribution in [0.25, 0.3) is 0 Å². The van der Waals surface area contributed by atoms with Crippen LogP contribution in [-0.4, -0.2) is 20.7 Å². The predicted octanol–water partition coefficient (Wildman–Crippen LogP) is 1.55. The van der Waals surface area contributed by atoms with Crippen molar-refractivity contribution < 1.29 is 4.74 Å². The van der Waals surface area contributed by atoms with Gasteiger partial charge < -0.3 is 10.1 Å². The van der Waals surface area contributed by atoms with Gasteiger partial charge >= 0.3 is 0 Å². The smallest absolute Gasteiger partial charge is 0.119 e. The van der Waals surface area contributed by atoms with Crippen LogP contribution in [0, 0.1) is 0 Å². The second-order valence-corrected chi connectivity index (χ2v) is 3.52. The molecule has 1 aromatic rings. The number of nitrogens with one attached hydrogen (secondary N) is 1. The van der Waals surface area contributed by atoms with E-state index in [1.807, 2.05) is 13.1 Å². The Kier molecular flexibility index (Phi) is 2.23. The maximum atomic E-state index is 5.16. The van der Waals surface area contributed by atoms with E-state index >= 15 is 0 Å². The zero-order valence-electron chi connectivity index (χ0n) is 8.13. The van der Waals surface area contributed by atoms with Crippen LogP contribution >= 0.6 is 0 Å². The number of ether oxygens (including phenoxy) is 1. The molecule has 0 saturated carbocycles. The van der Waals surface area contributed by atoms with Crippen molar-refractivity contribution in [2.75, 3.05) is 20.7 Å². The molecular weight excluding hydrogens is 162 g/mol. The lowest BCUT2D eigenvalue weighted by Crippen LogP contribution is -2.26. The van der Waals surface area contributed by atoms with Crippen molar-refractivity contribution >= 4 is 0 Å². The number of fused-ring (bicyclic) bond motifs is 1. The summed E-state index contributed by atoms with van der Waals surface area (Å²) in [6.45, 7) is 1.08. The van der Waals surface area contributed by atoms with Gasteiger partial charge in [0.05, 0.1) is 7.11 Å². The van der Waals surface area contributed by atoms with Gasteiger partial charge in [-0.25, -0.2) is 0 Å². The lowest BCUT2D eigenvalue weighted by atomic mass is 9.77. The van der Waals surface area contributed by atoms with E-state index in [0.717, 1.165) is 12.3 Å². The Morgan fingerprint density at radius 2 is 2.38 bits per heavy atom. The van der Waals surface area contributed by atoms with Gasteiger partial charge in [0.1, 0.15) is 5.75 Å². The quantitative estimate of drug-likeness (QED) is 0.756. The van der Waals surface area contributed by atoms with E-state index in [1.165, 1.54) is 17.5 Å². The monoisotopic (exact) mass is 177 g/mol. The van der Waals surface area contributed by atoms with Gasteiger partial charge in [-0.15, -0.1) is 0 Å². The highest BCUT2D eigenvalue weighted by Crippen LogP contribution is 2.36. The SMILES string of the molecule is CNCC1Cc2cc(OC)ccc21. The lowest BCUT2D eigenvalue weighted by molar-refractivity contribution is 0.412. The minimum Gasteiger partial charge on any atom is -0.497 e. The van der Waals surface area contributed by atoms with Gasteiger partial charge in [-0.1, -0.05) is 6.07 Å². The molecule has 0 fully saturated rings. The van der Waals surface area contributed by atoms with Crippen LogP contribution in [0.3, 0.4) is 0 Å². The number of hydrogen-bond acceptors (Lipinski definition) is 2. The van der Waals surface area contributed by atoms with Crippen molar-refractivity contribution in [3.63, 3.8) is 0 Å². The summed E-state index contributed by atoms with van der Waals surface area (Å²) in [5.41, 5.74) is 2.93. The highest BCUT2D eigenvalue weighted by molar-refractivity contribution is 5.45. The van der Waals surface area contributed by atoms with E-state index in [1.54, 1.807) is 7.11 Å². The third-order valence-corrected chi connectivity index (χ3v) is 2.71. The normalized spacial score (nSPS) is 19.1. The van der Waals surface area contributed by atoms with E-state index in [9.17, 15) is 0 Å². The molecule has 0 saturated heterocycles. The van der Waals surface area contributed by atoms with Crippen LogP contribution in [0.2, 0.25) is 0 Å². The standard InChI is InChI=1S/C11H15NO/c1-12-7-9-5-8-6-10(13-2)3-4-11(8)9/h3-4,6,9,12H,5,7H2,1-2H3. The van der Waals surface area contributed by atoms with E-state index in [2.05, 4.69) is 17.4 Å². The maximum absolute atomic E-state index is 5.16. The van der Waals surface area contributed by atoms with E-state index in [0.29, 0.717) is 5.92 Å². The first-order valence-corrected chi connectivity index (χ1v) is 4.66. The molecular formula is C11H15NO. The number of likely N-dealkylation sites (N-methyl/N-ethyl adjacent to an activating group) is 1. The number of methoxy groups -OCH3 is 1. The van der Waals surface area contributed by atoms with Gasteiger partial charge in [-0.3, -0.25) is 0 Å². The van der Waals surface area contributed by atoms with E-state index in [4.69, 9.17) is 4.74 Å². The zero-order valence-corrected chi connectivity index (χ0v) is 8.13. The van der Waals surface area contributed by atoms with Crippen LogP contribution in [0.5, 0.6) is 5.75 Å². The molecule has 1 aliphatic rings. The Morgan fingerprint density at radius 3 is 3.00 bits per heavy atom. The molecule has 0 spiro atoms. The second kappa shape index (κ2) is 3.38. The molecule has 0 bridgehead atoms. The molecule has 2 heteroatoms. The molecule has 0 aromatic heterocycles. The van der Waals surface area contributed by atoms with Gasteiger partial charge in [-0.2, -0.15) is 0 Å². The van der Waals surface area contributed by atoms with Crippen LogP contribution in [0.1, 0.15) is 17.0 Å². The molecule has 2 nitrogen and oxygen atoms in total. The summed E-state index contributed by atoms with van der Waals surface area (Å²) < 4.78 is 5.16. The van der Waals surface area contributed by atoms with Crippen molar-refractivity contribution in [3.8, 4) is 5.75 Å². The van der Waals surface area contributed by atoms with Crippen molar-refractivity contribution in [3.05, 3.63) is 29.3 Å². The molecule has 1 atom stereocenters. The molecule has 1 unspecified atom stereocenters. The highest BCUT2D eigenvalue weighted by Gasteiger charge is 2.25. The summed E-state index contributed by atoms with van der Waals surface area (Å²) in [6.07, 6.45) is 1.19. The fourth-order valence-electron chi connectivity index (χ4n) is 1.96. The Balaban J connectivity index is 2.16. The topological polar surface area (TPSA) is 21.3 Å². The summed E-state index contributed by atoms with van der Waals surface area (Å²) in [4.78, 5) is 0. The highest BCUT2D eigenvalue weighted by atomic mass is 16.5. The van der Waals surface area contributed by atoms with E-state index < -0.39 is 0 Å². The molecule has 0 radical (unpaired) electrons. The molecule has 70 valence electrons. The first-order chi connectivity index (χ1) is 6.35. The molecule has 0 heterocycles. The van der Waals surface area contributed by atoms with Gasteiger partial charge in [0, 0.05) is 12.5 Å². The fraction of sp³-hybridized carbons (Fsp3) is 0.455. The third-order valence-electron chi connectivity index (χ3n) is 2.71. The molecule has 2 rings (SSSR count). The van der Waals surface area contributed by atoms with Crippen LogP contribution in [0.4, 0.5) is 0 Å². The average Bonchev–Trinajstić information content (AvgIpc) is 2.14. The zero-order chi connectivity index (χ0) is 9.26. The summed E-state index contributed by atoms with van der Waals surface area (Å²) in [5.74, 6) is 1.69. The van der Waals surface area contributed by atoms with Gasteiger partial charge in [0.2, 0.25) is 0 Å². The third kappa shape index (κ3) is 1.42. The van der Waals surface area contributed by atoms with Gasteiger partial charge in [0.15, 0.2) is 0 Å². The van der Waals surface area contributed by atoms with Gasteiger partial charge in [0.25, 0.3) is 0 Å². The molecule has 13 heavy (non-hydrogen) atoms. The molecule has 0 aliphatic heterocycles. The molecule has 1 aliphatic carbocycles. The van der Waals surface area contributed by atoms with Crippen molar-refractivity contribution in [2.45, 2.75) is 12.3 Å². The second-order valence-electron chi connectivity index (χ2n) is 3.52. The number of hydrogen-bond donors (Lipinski definition) is 1. The molecule has 0 amide bonds. The minimum atomic E-state index is 0.714. The summed E-state index contributed by atoms with van der Waals surface area (Å²) >= 11 is 0. The van der Waals surface area contributed by atoms with Gasteiger partial charge in [-0.05, 0) is 36.7 Å². The summed E-state index contributed by atoms with van der Waals surface area (Å²) in [7, 11) is 3.72. The Bertz CT molecular complexity index is 309. The Labute approximate surface area is 78.9 Å². The Morgan fingerprint density at radius 1 is 1.54 bits per heavy atom. The predicted molar refractivity (Wildman–Crippen MR) is 53.4 cm³/mol. The summed E-state index contributed by atoms with van der Waals surface area (Å²) in [6, 6.07) is 6.36. The lowest BCUT2D eigenvalue weighted by Gasteiger charge is -2.30. The number of benzene rings is 1. The minimum absolute atomic E-state index is 0.714. The number of rotatable bonds is 3. The largest absolute Gasteiger partial charge is 0.497 e. The average molecular weight is 177 g/mol. The fourth-order valence-corrected chi connectivity index (χ4v) is 1.96. The molecule has 1 aromatic carbocycles. The first kappa shape index (κ1) is 8.57. The van der Waals surface area contributed by atoms with Crippen molar-refractivity contribution in [2.24, 2.45) is 0 Å². The van der Waals surface area contributed by atoms with E-state index in [-0.39, 0.29) is 0 Å².